The molecule has 1 aromatic carbocycles. The number of benzene rings is 1. The summed E-state index contributed by atoms with van der Waals surface area (Å²) in [5, 5.41) is 2.93. The molecule has 0 spiro atoms. The van der Waals surface area contributed by atoms with Crippen molar-refractivity contribution in [1.29, 1.82) is 0 Å². The number of amides is 1. The van der Waals surface area contributed by atoms with E-state index in [1.165, 1.54) is 23.7 Å². The number of nitrogens with zero attached hydrogens (tertiary/aromatic N) is 1. The molecule has 0 unspecified atom stereocenters. The maximum Gasteiger partial charge on any atom is 0.248 e. The Morgan fingerprint density at radius 3 is 2.56 bits per heavy atom. The van der Waals surface area contributed by atoms with E-state index >= 15 is 0 Å². The Labute approximate surface area is 153 Å². The van der Waals surface area contributed by atoms with Crippen molar-refractivity contribution in [2.75, 3.05) is 43.4 Å². The molecule has 0 saturated carbocycles. The summed E-state index contributed by atoms with van der Waals surface area (Å²) in [5.74, 6) is -0.0950. The summed E-state index contributed by atoms with van der Waals surface area (Å²) in [4.78, 5) is 18.5. The summed E-state index contributed by atoms with van der Waals surface area (Å²) in [6.07, 6.45) is 4.51. The van der Waals surface area contributed by atoms with Gasteiger partial charge in [-0.3, -0.25) is 4.79 Å². The minimum Gasteiger partial charge on any atom is -0.360 e. The zero-order chi connectivity index (χ0) is 17.6. The van der Waals surface area contributed by atoms with Crippen LogP contribution in [0.2, 0.25) is 0 Å². The Balaban J connectivity index is 1.54. The van der Waals surface area contributed by atoms with Gasteiger partial charge in [-0.05, 0) is 48.9 Å². The van der Waals surface area contributed by atoms with Gasteiger partial charge in [0.1, 0.15) is 0 Å². The SMILES string of the molecule is CCc1ccc(/C=C/C(=O)Nc2ccc(N3CC[NH+](C)CC3)cc2)s1. The molecule has 4 nitrogen and oxygen atoms in total. The highest BCUT2D eigenvalue weighted by Gasteiger charge is 2.16. The molecule has 2 heterocycles. The number of aryl methyl sites for hydroxylation is 1. The molecule has 1 fully saturated rings. The quantitative estimate of drug-likeness (QED) is 0.807. The number of hydrogen-bond donors (Lipinski definition) is 2. The zero-order valence-electron chi connectivity index (χ0n) is 14.9. The van der Waals surface area contributed by atoms with Gasteiger partial charge >= 0.3 is 0 Å². The van der Waals surface area contributed by atoms with Crippen molar-refractivity contribution in [2.24, 2.45) is 0 Å². The van der Waals surface area contributed by atoms with Gasteiger partial charge in [0.25, 0.3) is 0 Å². The second-order valence-electron chi connectivity index (χ2n) is 6.47. The number of carbonyl (C=O) groups excluding carboxylic acids is 1. The number of thiophene rings is 1. The third-order valence-electron chi connectivity index (χ3n) is 4.55. The highest BCUT2D eigenvalue weighted by Crippen LogP contribution is 2.19. The average molecular weight is 357 g/mol. The molecule has 2 N–H and O–H groups in total. The Kier molecular flexibility index (Phi) is 5.89. The van der Waals surface area contributed by atoms with Gasteiger partial charge in [0.15, 0.2) is 0 Å². The third kappa shape index (κ3) is 4.94. The van der Waals surface area contributed by atoms with E-state index in [0.717, 1.165) is 30.1 Å². The standard InChI is InChI=1S/C20H25N3OS/c1-3-18-8-9-19(25-18)10-11-20(24)21-16-4-6-17(7-5-16)23-14-12-22(2)13-15-23/h4-11H,3,12-15H2,1-2H3,(H,21,24)/p+1/b11-10+. The predicted octanol–water partition coefficient (Wildman–Crippen LogP) is 2.30. The first kappa shape index (κ1) is 17.7. The summed E-state index contributed by atoms with van der Waals surface area (Å²) >= 11 is 1.72. The maximum absolute atomic E-state index is 12.1. The van der Waals surface area contributed by atoms with Crippen LogP contribution in [0, 0.1) is 0 Å². The molecule has 132 valence electrons. The number of carbonyl (C=O) groups is 1. The van der Waals surface area contributed by atoms with Crippen molar-refractivity contribution in [3.05, 3.63) is 52.2 Å². The van der Waals surface area contributed by atoms with Crippen molar-refractivity contribution in [3.8, 4) is 0 Å². The molecule has 1 aromatic heterocycles. The normalized spacial score (nSPS) is 15.7. The number of piperazine rings is 1. The van der Waals surface area contributed by atoms with E-state index in [1.54, 1.807) is 22.3 Å². The van der Waals surface area contributed by atoms with Crippen molar-refractivity contribution in [1.82, 2.24) is 0 Å². The van der Waals surface area contributed by atoms with E-state index < -0.39 is 0 Å². The van der Waals surface area contributed by atoms with Crippen molar-refractivity contribution in [3.63, 3.8) is 0 Å². The first-order valence-electron chi connectivity index (χ1n) is 8.88. The van der Waals surface area contributed by atoms with Crippen LogP contribution in [0.15, 0.2) is 42.5 Å². The van der Waals surface area contributed by atoms with Crippen LogP contribution in [0.1, 0.15) is 16.7 Å². The first-order chi connectivity index (χ1) is 12.1. The topological polar surface area (TPSA) is 36.8 Å². The smallest absolute Gasteiger partial charge is 0.248 e. The zero-order valence-corrected chi connectivity index (χ0v) is 15.7. The third-order valence-corrected chi connectivity index (χ3v) is 5.74. The fourth-order valence-corrected chi connectivity index (χ4v) is 3.77. The van der Waals surface area contributed by atoms with E-state index in [1.807, 2.05) is 18.2 Å². The van der Waals surface area contributed by atoms with Crippen LogP contribution in [0.25, 0.3) is 6.08 Å². The summed E-state index contributed by atoms with van der Waals surface area (Å²) in [7, 11) is 2.24. The van der Waals surface area contributed by atoms with E-state index in [4.69, 9.17) is 0 Å². The maximum atomic E-state index is 12.1. The molecule has 2 aromatic rings. The van der Waals surface area contributed by atoms with Gasteiger partial charge in [-0.25, -0.2) is 0 Å². The van der Waals surface area contributed by atoms with Crippen LogP contribution in [0.3, 0.4) is 0 Å². The Morgan fingerprint density at radius 1 is 1.20 bits per heavy atom. The van der Waals surface area contributed by atoms with Gasteiger partial charge in [0.05, 0.1) is 33.2 Å². The van der Waals surface area contributed by atoms with Gasteiger partial charge in [-0.2, -0.15) is 0 Å². The highest BCUT2D eigenvalue weighted by molar-refractivity contribution is 7.12. The Morgan fingerprint density at radius 2 is 1.92 bits per heavy atom. The van der Waals surface area contributed by atoms with Crippen LogP contribution >= 0.6 is 11.3 Å². The molecule has 0 radical (unpaired) electrons. The molecule has 0 bridgehead atoms. The molecule has 25 heavy (non-hydrogen) atoms. The second-order valence-corrected chi connectivity index (χ2v) is 7.67. The van der Waals surface area contributed by atoms with Gasteiger partial charge in [-0.1, -0.05) is 6.92 Å². The number of hydrogen-bond acceptors (Lipinski definition) is 3. The van der Waals surface area contributed by atoms with Crippen LogP contribution in [0.5, 0.6) is 0 Å². The number of quaternary nitrogens is 1. The van der Waals surface area contributed by atoms with Gasteiger partial charge in [0, 0.05) is 27.2 Å². The van der Waals surface area contributed by atoms with Crippen LogP contribution in [-0.4, -0.2) is 39.1 Å². The second kappa shape index (κ2) is 8.32. The fraction of sp³-hybridized carbons (Fsp3) is 0.350. The Bertz CT molecular complexity index is 728. The molecule has 1 saturated heterocycles. The first-order valence-corrected chi connectivity index (χ1v) is 9.70. The lowest BCUT2D eigenvalue weighted by atomic mass is 10.2. The lowest BCUT2D eigenvalue weighted by Gasteiger charge is -2.31. The Hall–Kier alpha value is -2.11. The summed E-state index contributed by atoms with van der Waals surface area (Å²) in [5.41, 5.74) is 2.06. The predicted molar refractivity (Wildman–Crippen MR) is 107 cm³/mol. The largest absolute Gasteiger partial charge is 0.360 e. The van der Waals surface area contributed by atoms with Crippen LogP contribution < -0.4 is 15.1 Å². The van der Waals surface area contributed by atoms with E-state index in [9.17, 15) is 4.79 Å². The van der Waals surface area contributed by atoms with Crippen molar-refractivity contribution in [2.45, 2.75) is 13.3 Å². The lowest BCUT2D eigenvalue weighted by molar-refractivity contribution is -0.880. The van der Waals surface area contributed by atoms with Gasteiger partial charge in [-0.15, -0.1) is 11.3 Å². The monoisotopic (exact) mass is 356 g/mol. The minimum atomic E-state index is -0.0950. The number of rotatable bonds is 5. The number of likely N-dealkylation sites (N-methyl/N-ethyl adjacent to an activating group) is 1. The van der Waals surface area contributed by atoms with E-state index in [0.29, 0.717) is 0 Å². The van der Waals surface area contributed by atoms with Crippen LogP contribution in [-0.2, 0) is 11.2 Å². The average Bonchev–Trinajstić information content (AvgIpc) is 3.10. The van der Waals surface area contributed by atoms with Gasteiger partial charge in [0.2, 0.25) is 5.91 Å². The number of nitrogens with one attached hydrogen (secondary N) is 2. The summed E-state index contributed by atoms with van der Waals surface area (Å²) in [6, 6.07) is 12.3. The fourth-order valence-electron chi connectivity index (χ4n) is 2.92. The van der Waals surface area contributed by atoms with Crippen LogP contribution in [0.4, 0.5) is 11.4 Å². The number of anilines is 2. The van der Waals surface area contributed by atoms with E-state index in [-0.39, 0.29) is 5.91 Å². The molecule has 1 amide bonds. The molecular formula is C20H26N3OS+. The summed E-state index contributed by atoms with van der Waals surface area (Å²) in [6.45, 7) is 6.65. The van der Waals surface area contributed by atoms with Crippen molar-refractivity contribution >= 4 is 34.7 Å². The molecule has 3 rings (SSSR count). The van der Waals surface area contributed by atoms with E-state index in [2.05, 4.69) is 48.5 Å². The molecular weight excluding hydrogens is 330 g/mol. The molecule has 5 heteroatoms. The van der Waals surface area contributed by atoms with Crippen molar-refractivity contribution < 1.29 is 9.69 Å². The molecule has 0 atom stereocenters. The lowest BCUT2D eigenvalue weighted by Crippen LogP contribution is -3.12. The summed E-state index contributed by atoms with van der Waals surface area (Å²) < 4.78 is 0. The molecule has 0 aliphatic carbocycles. The molecule has 1 aliphatic rings. The minimum absolute atomic E-state index is 0.0950. The highest BCUT2D eigenvalue weighted by atomic mass is 32.1. The van der Waals surface area contributed by atoms with Gasteiger partial charge < -0.3 is 15.1 Å². The molecule has 1 aliphatic heterocycles.